The van der Waals surface area contributed by atoms with Gasteiger partial charge in [0.1, 0.15) is 11.3 Å². The van der Waals surface area contributed by atoms with E-state index >= 15 is 0 Å². The number of benzene rings is 1. The van der Waals surface area contributed by atoms with Gasteiger partial charge < -0.3 is 14.8 Å². The van der Waals surface area contributed by atoms with Crippen LogP contribution in [0.15, 0.2) is 18.2 Å². The van der Waals surface area contributed by atoms with Gasteiger partial charge in [-0.3, -0.25) is 4.79 Å². The Hall–Kier alpha value is -1.55. The molecule has 114 valence electrons. The highest BCUT2D eigenvalue weighted by atomic mass is 16.5. The minimum absolute atomic E-state index is 0.142. The van der Waals surface area contributed by atoms with Crippen LogP contribution in [0.3, 0.4) is 0 Å². The van der Waals surface area contributed by atoms with Crippen molar-refractivity contribution in [2.24, 2.45) is 5.92 Å². The van der Waals surface area contributed by atoms with Crippen molar-refractivity contribution >= 4 is 5.97 Å². The number of methoxy groups -OCH3 is 2. The Bertz CT molecular complexity index is 539. The molecule has 4 nitrogen and oxygen atoms in total. The molecule has 0 heterocycles. The fourth-order valence-corrected chi connectivity index (χ4v) is 3.15. The van der Waals surface area contributed by atoms with E-state index in [9.17, 15) is 4.79 Å². The van der Waals surface area contributed by atoms with Gasteiger partial charge in [0.2, 0.25) is 0 Å². The van der Waals surface area contributed by atoms with E-state index in [0.717, 1.165) is 31.1 Å². The summed E-state index contributed by atoms with van der Waals surface area (Å²) in [6.45, 7) is 0.911. The van der Waals surface area contributed by atoms with Crippen molar-refractivity contribution in [1.29, 1.82) is 0 Å². The van der Waals surface area contributed by atoms with Crippen LogP contribution in [0.1, 0.15) is 30.4 Å². The zero-order valence-electron chi connectivity index (χ0n) is 12.8. The molecule has 4 heteroatoms. The maximum atomic E-state index is 12.4. The van der Waals surface area contributed by atoms with Crippen LogP contribution < -0.4 is 10.1 Å². The van der Waals surface area contributed by atoms with Gasteiger partial charge in [0, 0.05) is 6.42 Å². The van der Waals surface area contributed by atoms with Gasteiger partial charge in [-0.1, -0.05) is 6.07 Å². The highest BCUT2D eigenvalue weighted by molar-refractivity contribution is 5.82. The Morgan fingerprint density at radius 3 is 2.81 bits per heavy atom. The minimum Gasteiger partial charge on any atom is -0.497 e. The molecule has 1 saturated carbocycles. The molecule has 0 saturated heterocycles. The third kappa shape index (κ3) is 2.91. The number of esters is 1. The Balaban J connectivity index is 1.84. The lowest BCUT2D eigenvalue weighted by Gasteiger charge is -2.36. The average molecular weight is 289 g/mol. The number of hydrogen-bond acceptors (Lipinski definition) is 4. The smallest absolute Gasteiger partial charge is 0.326 e. The molecule has 0 aromatic heterocycles. The normalized spacial score (nSPS) is 24.3. The molecule has 21 heavy (non-hydrogen) atoms. The number of aryl methyl sites for hydroxylation is 1. The Kier molecular flexibility index (Phi) is 3.89. The summed E-state index contributed by atoms with van der Waals surface area (Å²) in [4.78, 5) is 12.4. The zero-order valence-corrected chi connectivity index (χ0v) is 12.8. The molecule has 0 aliphatic heterocycles. The maximum absolute atomic E-state index is 12.4. The number of carbonyl (C=O) groups is 1. The molecule has 1 unspecified atom stereocenters. The molecule has 2 aliphatic carbocycles. The van der Waals surface area contributed by atoms with E-state index in [1.54, 1.807) is 7.11 Å². The van der Waals surface area contributed by atoms with Crippen LogP contribution in [0, 0.1) is 5.92 Å². The first-order valence-corrected chi connectivity index (χ1v) is 7.66. The lowest BCUT2D eigenvalue weighted by molar-refractivity contribution is -0.149. The fourth-order valence-electron chi connectivity index (χ4n) is 3.15. The number of rotatable bonds is 5. The Labute approximate surface area is 125 Å². The second kappa shape index (κ2) is 5.68. The third-order valence-electron chi connectivity index (χ3n) is 4.73. The van der Waals surface area contributed by atoms with E-state index in [1.165, 1.54) is 31.1 Å². The van der Waals surface area contributed by atoms with Crippen LogP contribution in [-0.4, -0.2) is 32.3 Å². The monoisotopic (exact) mass is 289 g/mol. The summed E-state index contributed by atoms with van der Waals surface area (Å²) in [6, 6.07) is 6.14. The summed E-state index contributed by atoms with van der Waals surface area (Å²) in [7, 11) is 3.15. The van der Waals surface area contributed by atoms with Crippen molar-refractivity contribution in [2.75, 3.05) is 20.8 Å². The standard InChI is InChI=1S/C17H23NO3/c1-20-15-6-5-13-7-8-17(16(19)21-2,10-14(13)9-15)18-11-12-3-4-12/h5-6,9,12,18H,3-4,7-8,10-11H2,1-2H3. The lowest BCUT2D eigenvalue weighted by Crippen LogP contribution is -2.56. The largest absolute Gasteiger partial charge is 0.497 e. The van der Waals surface area contributed by atoms with Gasteiger partial charge in [-0.2, -0.15) is 0 Å². The SMILES string of the molecule is COC(=O)C1(NCC2CC2)CCc2ccc(OC)cc2C1. The van der Waals surface area contributed by atoms with Gasteiger partial charge in [0.05, 0.1) is 14.2 Å². The molecule has 0 amide bonds. The van der Waals surface area contributed by atoms with Crippen LogP contribution in [0.25, 0.3) is 0 Å². The van der Waals surface area contributed by atoms with E-state index in [4.69, 9.17) is 9.47 Å². The van der Waals surface area contributed by atoms with Crippen molar-refractivity contribution in [3.8, 4) is 5.75 Å². The molecule has 0 spiro atoms. The van der Waals surface area contributed by atoms with E-state index in [2.05, 4.69) is 11.4 Å². The van der Waals surface area contributed by atoms with Crippen molar-refractivity contribution in [3.63, 3.8) is 0 Å². The van der Waals surface area contributed by atoms with Crippen LogP contribution >= 0.6 is 0 Å². The summed E-state index contributed by atoms with van der Waals surface area (Å²) in [5, 5.41) is 3.51. The van der Waals surface area contributed by atoms with E-state index in [1.807, 2.05) is 12.1 Å². The molecule has 0 radical (unpaired) electrons. The van der Waals surface area contributed by atoms with Crippen LogP contribution in [0.4, 0.5) is 0 Å². The minimum atomic E-state index is -0.573. The molecule has 0 bridgehead atoms. The summed E-state index contributed by atoms with van der Waals surface area (Å²) in [5.41, 5.74) is 1.93. The summed E-state index contributed by atoms with van der Waals surface area (Å²) < 4.78 is 10.4. The predicted molar refractivity (Wildman–Crippen MR) is 80.5 cm³/mol. The number of hydrogen-bond donors (Lipinski definition) is 1. The lowest BCUT2D eigenvalue weighted by atomic mass is 9.77. The van der Waals surface area contributed by atoms with Crippen molar-refractivity contribution in [1.82, 2.24) is 5.32 Å². The number of fused-ring (bicyclic) bond motifs is 1. The van der Waals surface area contributed by atoms with Gasteiger partial charge in [-0.15, -0.1) is 0 Å². The summed E-state index contributed by atoms with van der Waals surface area (Å²) in [6.07, 6.45) is 4.92. The third-order valence-corrected chi connectivity index (χ3v) is 4.73. The molecule has 1 aromatic carbocycles. The molecular formula is C17H23NO3. The first-order valence-electron chi connectivity index (χ1n) is 7.66. The number of ether oxygens (including phenoxy) is 2. The van der Waals surface area contributed by atoms with Gasteiger partial charge in [0.25, 0.3) is 0 Å². The van der Waals surface area contributed by atoms with Crippen molar-refractivity contribution in [3.05, 3.63) is 29.3 Å². The highest BCUT2D eigenvalue weighted by Crippen LogP contribution is 2.34. The van der Waals surface area contributed by atoms with E-state index in [-0.39, 0.29) is 5.97 Å². The Morgan fingerprint density at radius 2 is 2.14 bits per heavy atom. The molecule has 2 aliphatic rings. The second-order valence-corrected chi connectivity index (χ2v) is 6.21. The van der Waals surface area contributed by atoms with Crippen molar-refractivity contribution in [2.45, 2.75) is 37.6 Å². The van der Waals surface area contributed by atoms with Crippen LogP contribution in [0.2, 0.25) is 0 Å². The van der Waals surface area contributed by atoms with Gasteiger partial charge in [-0.25, -0.2) is 0 Å². The Morgan fingerprint density at radius 1 is 1.33 bits per heavy atom. The molecule has 1 fully saturated rings. The van der Waals surface area contributed by atoms with Crippen molar-refractivity contribution < 1.29 is 14.3 Å². The van der Waals surface area contributed by atoms with Crippen LogP contribution in [-0.2, 0) is 22.4 Å². The summed E-state index contributed by atoms with van der Waals surface area (Å²) in [5.74, 6) is 1.44. The summed E-state index contributed by atoms with van der Waals surface area (Å²) >= 11 is 0. The molecule has 3 rings (SSSR count). The maximum Gasteiger partial charge on any atom is 0.326 e. The number of nitrogens with one attached hydrogen (secondary N) is 1. The van der Waals surface area contributed by atoms with E-state index < -0.39 is 5.54 Å². The average Bonchev–Trinajstić information content (AvgIpc) is 3.35. The van der Waals surface area contributed by atoms with E-state index in [0.29, 0.717) is 6.42 Å². The van der Waals surface area contributed by atoms with Gasteiger partial charge in [-0.05, 0) is 61.4 Å². The van der Waals surface area contributed by atoms with Crippen LogP contribution in [0.5, 0.6) is 5.75 Å². The molecule has 1 aromatic rings. The zero-order chi connectivity index (χ0) is 14.9. The highest BCUT2D eigenvalue weighted by Gasteiger charge is 2.43. The second-order valence-electron chi connectivity index (χ2n) is 6.21. The molecule has 1 atom stereocenters. The predicted octanol–water partition coefficient (Wildman–Crippen LogP) is 2.10. The first kappa shape index (κ1) is 14.4. The first-order chi connectivity index (χ1) is 10.2. The number of carbonyl (C=O) groups excluding carboxylic acids is 1. The molecule has 1 N–H and O–H groups in total. The quantitative estimate of drug-likeness (QED) is 0.843. The van der Waals surface area contributed by atoms with Gasteiger partial charge >= 0.3 is 5.97 Å². The van der Waals surface area contributed by atoms with Gasteiger partial charge in [0.15, 0.2) is 0 Å². The fraction of sp³-hybridized carbons (Fsp3) is 0.588. The topological polar surface area (TPSA) is 47.6 Å². The molecular weight excluding hydrogens is 266 g/mol.